The Labute approximate surface area is 112 Å². The van der Waals surface area contributed by atoms with E-state index in [4.69, 9.17) is 10.5 Å². The molecule has 96 valence electrons. The van der Waals surface area contributed by atoms with E-state index in [1.165, 1.54) is 9.75 Å². The van der Waals surface area contributed by atoms with Gasteiger partial charge in [-0.3, -0.25) is 0 Å². The predicted molar refractivity (Wildman–Crippen MR) is 77.1 cm³/mol. The van der Waals surface area contributed by atoms with Crippen molar-refractivity contribution in [3.05, 3.63) is 51.7 Å². The van der Waals surface area contributed by atoms with Crippen LogP contribution >= 0.6 is 11.3 Å². The van der Waals surface area contributed by atoms with Crippen LogP contribution in [0.5, 0.6) is 5.75 Å². The van der Waals surface area contributed by atoms with E-state index in [1.54, 1.807) is 0 Å². The van der Waals surface area contributed by atoms with Crippen molar-refractivity contribution in [3.8, 4) is 5.75 Å². The van der Waals surface area contributed by atoms with Crippen LogP contribution in [-0.2, 0) is 13.0 Å². The van der Waals surface area contributed by atoms with Gasteiger partial charge in [-0.15, -0.1) is 11.3 Å². The van der Waals surface area contributed by atoms with Gasteiger partial charge in [-0.1, -0.05) is 19.1 Å². The molecular formula is C15H19NOS. The molecule has 2 aromatic rings. The van der Waals surface area contributed by atoms with Crippen molar-refractivity contribution in [2.75, 3.05) is 0 Å². The van der Waals surface area contributed by atoms with Crippen molar-refractivity contribution in [2.45, 2.75) is 32.9 Å². The Hall–Kier alpha value is -1.32. The van der Waals surface area contributed by atoms with E-state index in [9.17, 15) is 0 Å². The maximum Gasteiger partial charge on any atom is 0.122 e. The van der Waals surface area contributed by atoms with Crippen LogP contribution < -0.4 is 10.5 Å². The normalized spacial score (nSPS) is 12.4. The van der Waals surface area contributed by atoms with E-state index in [0.717, 1.165) is 17.7 Å². The second kappa shape index (κ2) is 6.03. The molecule has 3 heteroatoms. The van der Waals surface area contributed by atoms with Crippen LogP contribution in [-0.4, -0.2) is 0 Å². The predicted octanol–water partition coefficient (Wildman–Crippen LogP) is 3.91. The Morgan fingerprint density at radius 2 is 1.78 bits per heavy atom. The van der Waals surface area contributed by atoms with Gasteiger partial charge < -0.3 is 10.5 Å². The average molecular weight is 261 g/mol. The second-order valence-electron chi connectivity index (χ2n) is 4.37. The van der Waals surface area contributed by atoms with Gasteiger partial charge in [-0.2, -0.15) is 0 Å². The third-order valence-corrected chi connectivity index (χ3v) is 4.06. The molecule has 1 heterocycles. The molecule has 0 saturated carbocycles. The van der Waals surface area contributed by atoms with Gasteiger partial charge in [0.15, 0.2) is 0 Å². The Morgan fingerprint density at radius 1 is 1.11 bits per heavy atom. The first-order valence-electron chi connectivity index (χ1n) is 6.25. The van der Waals surface area contributed by atoms with Crippen LogP contribution in [0, 0.1) is 0 Å². The fraction of sp³-hybridized carbons (Fsp3) is 0.333. The highest BCUT2D eigenvalue weighted by atomic mass is 32.1. The Kier molecular flexibility index (Phi) is 4.39. The van der Waals surface area contributed by atoms with Gasteiger partial charge in [0, 0.05) is 15.8 Å². The first-order chi connectivity index (χ1) is 8.69. The molecule has 2 rings (SSSR count). The summed E-state index contributed by atoms with van der Waals surface area (Å²) in [6, 6.07) is 12.4. The molecule has 2 nitrogen and oxygen atoms in total. The largest absolute Gasteiger partial charge is 0.488 e. The summed E-state index contributed by atoms with van der Waals surface area (Å²) < 4.78 is 5.75. The molecule has 0 amide bonds. The van der Waals surface area contributed by atoms with Crippen molar-refractivity contribution >= 4 is 11.3 Å². The quantitative estimate of drug-likeness (QED) is 0.885. The van der Waals surface area contributed by atoms with Gasteiger partial charge in [0.1, 0.15) is 12.4 Å². The second-order valence-corrected chi connectivity index (χ2v) is 5.62. The van der Waals surface area contributed by atoms with E-state index in [1.807, 2.05) is 42.5 Å². The van der Waals surface area contributed by atoms with Crippen LogP contribution in [0.25, 0.3) is 0 Å². The maximum absolute atomic E-state index is 5.81. The standard InChI is InChI=1S/C15H19NOS/c1-3-14-8-9-15(18-14)10-17-13-6-4-12(5-7-13)11(2)16/h4-9,11H,3,10,16H2,1-2H3/t11-/m0/s1. The highest BCUT2D eigenvalue weighted by molar-refractivity contribution is 7.11. The molecule has 0 saturated heterocycles. The van der Waals surface area contributed by atoms with Gasteiger partial charge in [-0.05, 0) is 43.2 Å². The maximum atomic E-state index is 5.81. The van der Waals surface area contributed by atoms with Gasteiger partial charge >= 0.3 is 0 Å². The Balaban J connectivity index is 1.93. The van der Waals surface area contributed by atoms with Crippen molar-refractivity contribution in [1.82, 2.24) is 0 Å². The summed E-state index contributed by atoms with van der Waals surface area (Å²) in [5.41, 5.74) is 6.94. The molecular weight excluding hydrogens is 242 g/mol. The van der Waals surface area contributed by atoms with Crippen LogP contribution in [0.3, 0.4) is 0 Å². The van der Waals surface area contributed by atoms with Crippen molar-refractivity contribution in [3.63, 3.8) is 0 Å². The Morgan fingerprint density at radius 3 is 2.33 bits per heavy atom. The van der Waals surface area contributed by atoms with E-state index in [0.29, 0.717) is 6.61 Å². The molecule has 0 aliphatic carbocycles. The molecule has 0 aliphatic heterocycles. The van der Waals surface area contributed by atoms with E-state index >= 15 is 0 Å². The van der Waals surface area contributed by atoms with Gasteiger partial charge in [-0.25, -0.2) is 0 Å². The van der Waals surface area contributed by atoms with Crippen LogP contribution in [0.15, 0.2) is 36.4 Å². The highest BCUT2D eigenvalue weighted by Crippen LogP contribution is 2.21. The summed E-state index contributed by atoms with van der Waals surface area (Å²) in [5, 5.41) is 0. The minimum absolute atomic E-state index is 0.0726. The molecule has 0 aliphatic rings. The molecule has 0 radical (unpaired) electrons. The summed E-state index contributed by atoms with van der Waals surface area (Å²) >= 11 is 1.82. The topological polar surface area (TPSA) is 35.2 Å². The van der Waals surface area contributed by atoms with E-state index in [2.05, 4.69) is 19.1 Å². The summed E-state index contributed by atoms with van der Waals surface area (Å²) in [4.78, 5) is 2.67. The summed E-state index contributed by atoms with van der Waals surface area (Å²) in [6.45, 7) is 4.79. The number of rotatable bonds is 5. The monoisotopic (exact) mass is 261 g/mol. The Bertz CT molecular complexity index is 487. The molecule has 0 unspecified atom stereocenters. The molecule has 0 fully saturated rings. The van der Waals surface area contributed by atoms with E-state index < -0.39 is 0 Å². The zero-order chi connectivity index (χ0) is 13.0. The lowest BCUT2D eigenvalue weighted by atomic mass is 10.1. The lowest BCUT2D eigenvalue weighted by Gasteiger charge is -2.08. The lowest BCUT2D eigenvalue weighted by molar-refractivity contribution is 0.309. The number of hydrogen-bond donors (Lipinski definition) is 1. The molecule has 0 spiro atoms. The molecule has 1 atom stereocenters. The van der Waals surface area contributed by atoms with Crippen LogP contribution in [0.2, 0.25) is 0 Å². The highest BCUT2D eigenvalue weighted by Gasteiger charge is 2.02. The first kappa shape index (κ1) is 13.1. The summed E-state index contributed by atoms with van der Waals surface area (Å²) in [6.07, 6.45) is 1.09. The molecule has 1 aromatic carbocycles. The van der Waals surface area contributed by atoms with Crippen LogP contribution in [0.4, 0.5) is 0 Å². The molecule has 0 bridgehead atoms. The minimum Gasteiger partial charge on any atom is -0.488 e. The number of hydrogen-bond acceptors (Lipinski definition) is 3. The summed E-state index contributed by atoms with van der Waals surface area (Å²) in [7, 11) is 0. The first-order valence-corrected chi connectivity index (χ1v) is 7.06. The van der Waals surface area contributed by atoms with Gasteiger partial charge in [0.25, 0.3) is 0 Å². The minimum atomic E-state index is 0.0726. The molecule has 1 aromatic heterocycles. The average Bonchev–Trinajstić information content (AvgIpc) is 2.85. The fourth-order valence-corrected chi connectivity index (χ4v) is 2.58. The van der Waals surface area contributed by atoms with Gasteiger partial charge in [0.05, 0.1) is 0 Å². The number of aryl methyl sites for hydroxylation is 1. The number of nitrogens with two attached hydrogens (primary N) is 1. The fourth-order valence-electron chi connectivity index (χ4n) is 1.71. The van der Waals surface area contributed by atoms with Gasteiger partial charge in [0.2, 0.25) is 0 Å². The number of ether oxygens (including phenoxy) is 1. The van der Waals surface area contributed by atoms with Crippen molar-refractivity contribution in [1.29, 1.82) is 0 Å². The number of benzene rings is 1. The summed E-state index contributed by atoms with van der Waals surface area (Å²) in [5.74, 6) is 0.894. The number of thiophene rings is 1. The SMILES string of the molecule is CCc1ccc(COc2ccc([C@H](C)N)cc2)s1. The zero-order valence-corrected chi connectivity index (χ0v) is 11.7. The third-order valence-electron chi connectivity index (χ3n) is 2.85. The molecule has 2 N–H and O–H groups in total. The lowest BCUT2D eigenvalue weighted by Crippen LogP contribution is -2.04. The molecule has 18 heavy (non-hydrogen) atoms. The third kappa shape index (κ3) is 3.34. The van der Waals surface area contributed by atoms with Crippen molar-refractivity contribution < 1.29 is 4.74 Å². The van der Waals surface area contributed by atoms with Crippen molar-refractivity contribution in [2.24, 2.45) is 5.73 Å². The van der Waals surface area contributed by atoms with E-state index in [-0.39, 0.29) is 6.04 Å². The smallest absolute Gasteiger partial charge is 0.122 e. The van der Waals surface area contributed by atoms with Crippen LogP contribution in [0.1, 0.15) is 35.2 Å². The zero-order valence-electron chi connectivity index (χ0n) is 10.8.